The van der Waals surface area contributed by atoms with E-state index >= 15 is 0 Å². The van der Waals surface area contributed by atoms with Crippen molar-refractivity contribution in [2.24, 2.45) is 17.6 Å². The summed E-state index contributed by atoms with van der Waals surface area (Å²) in [6.45, 7) is 1.79. The molecule has 2 aromatic heterocycles. The first-order valence-corrected chi connectivity index (χ1v) is 13.9. The molecule has 2 aliphatic carbocycles. The van der Waals surface area contributed by atoms with Gasteiger partial charge in [-0.15, -0.1) is 23.2 Å². The summed E-state index contributed by atoms with van der Waals surface area (Å²) in [6, 6.07) is 6.75. The van der Waals surface area contributed by atoms with Crippen molar-refractivity contribution in [3.8, 4) is 0 Å². The Bertz CT molecular complexity index is 1460. The maximum absolute atomic E-state index is 13.6. The highest BCUT2D eigenvalue weighted by Gasteiger charge is 2.58. The lowest BCUT2D eigenvalue weighted by Gasteiger charge is -2.28. The molecule has 3 amide bonds. The highest BCUT2D eigenvalue weighted by Crippen LogP contribution is 2.55. The van der Waals surface area contributed by atoms with Crippen LogP contribution in [0.4, 0.5) is 0 Å². The molecule has 0 bridgehead atoms. The molecule has 1 saturated heterocycles. The molecule has 5 atom stereocenters. The van der Waals surface area contributed by atoms with E-state index < -0.39 is 16.3 Å². The summed E-state index contributed by atoms with van der Waals surface area (Å²) in [4.78, 5) is 49.2. The lowest BCUT2D eigenvalue weighted by atomic mass is 10.1. The lowest BCUT2D eigenvalue weighted by molar-refractivity contribution is -0.140. The standard InChI is InChI=1S/C27H29Cl2N7O3/c1-14(18-12-27(18,28)29)33-26(39)21-11-16-10-20(16)36(21)23(37)13-35-19-5-3-15(4-6-22-31-7-2-8-32-22)9-17(19)24(34-35)25(30)38/h2-3,5,7-9,14,16,18,20-21H,4,6,10-13H2,1H3,(H2,30,38)(H,33,39)/t14-,16-,18-,20-,21+/m1/s1. The second-order valence-electron chi connectivity index (χ2n) is 10.9. The number of aryl methyl sites for hydroxylation is 2. The first-order valence-electron chi connectivity index (χ1n) is 13.2. The molecule has 3 aromatic rings. The van der Waals surface area contributed by atoms with Gasteiger partial charge in [-0.05, 0) is 62.3 Å². The number of piperidine rings is 1. The third-order valence-electron chi connectivity index (χ3n) is 8.13. The van der Waals surface area contributed by atoms with Gasteiger partial charge in [-0.25, -0.2) is 9.97 Å². The molecule has 1 aliphatic heterocycles. The second-order valence-corrected chi connectivity index (χ2v) is 12.4. The van der Waals surface area contributed by atoms with Gasteiger partial charge in [0.1, 0.15) is 22.7 Å². The van der Waals surface area contributed by atoms with Gasteiger partial charge in [-0.2, -0.15) is 5.10 Å². The molecule has 3 aliphatic rings. The highest BCUT2D eigenvalue weighted by molar-refractivity contribution is 6.51. The molecule has 3 fully saturated rings. The van der Waals surface area contributed by atoms with Crippen molar-refractivity contribution in [1.82, 2.24) is 30.0 Å². The predicted octanol–water partition coefficient (Wildman–Crippen LogP) is 2.40. The molecule has 2 saturated carbocycles. The van der Waals surface area contributed by atoms with Crippen LogP contribution in [0.25, 0.3) is 10.9 Å². The van der Waals surface area contributed by atoms with Crippen molar-refractivity contribution < 1.29 is 14.4 Å². The third-order valence-corrected chi connectivity index (χ3v) is 9.00. The number of aromatic nitrogens is 4. The molecule has 0 radical (unpaired) electrons. The van der Waals surface area contributed by atoms with Crippen LogP contribution in [0.5, 0.6) is 0 Å². The van der Waals surface area contributed by atoms with E-state index in [1.807, 2.05) is 25.1 Å². The van der Waals surface area contributed by atoms with Crippen LogP contribution in [0.15, 0.2) is 36.7 Å². The number of nitrogens with zero attached hydrogens (tertiary/aromatic N) is 5. The number of fused-ring (bicyclic) bond motifs is 2. The van der Waals surface area contributed by atoms with Crippen molar-refractivity contribution in [3.05, 3.63) is 53.7 Å². The summed E-state index contributed by atoms with van der Waals surface area (Å²) in [5.74, 6) is -0.0134. The number of hydrogen-bond acceptors (Lipinski definition) is 6. The Morgan fingerprint density at radius 2 is 1.92 bits per heavy atom. The molecule has 12 heteroatoms. The van der Waals surface area contributed by atoms with Gasteiger partial charge in [0.25, 0.3) is 5.91 Å². The minimum Gasteiger partial charge on any atom is -0.364 e. The van der Waals surface area contributed by atoms with Gasteiger partial charge in [0, 0.05) is 42.2 Å². The van der Waals surface area contributed by atoms with Crippen molar-refractivity contribution in [2.45, 2.75) is 68.0 Å². The number of rotatable bonds is 9. The van der Waals surface area contributed by atoms with E-state index in [4.69, 9.17) is 28.9 Å². The van der Waals surface area contributed by atoms with E-state index in [0.29, 0.717) is 42.5 Å². The Balaban J connectivity index is 1.19. The maximum atomic E-state index is 13.6. The number of hydrogen-bond donors (Lipinski definition) is 2. The minimum absolute atomic E-state index is 0.00218. The zero-order valence-electron chi connectivity index (χ0n) is 21.4. The van der Waals surface area contributed by atoms with Crippen molar-refractivity contribution >= 4 is 51.8 Å². The van der Waals surface area contributed by atoms with Crippen LogP contribution >= 0.6 is 23.2 Å². The Hall–Kier alpha value is -3.24. The molecule has 1 aromatic carbocycles. The van der Waals surface area contributed by atoms with E-state index in [9.17, 15) is 14.4 Å². The van der Waals surface area contributed by atoms with Crippen LogP contribution in [0.1, 0.15) is 48.1 Å². The van der Waals surface area contributed by atoms with Crippen LogP contribution < -0.4 is 11.1 Å². The minimum atomic E-state index is -0.797. The van der Waals surface area contributed by atoms with Gasteiger partial charge in [-0.3, -0.25) is 19.1 Å². The summed E-state index contributed by atoms with van der Waals surface area (Å²) in [7, 11) is 0. The Labute approximate surface area is 235 Å². The summed E-state index contributed by atoms with van der Waals surface area (Å²) >= 11 is 12.3. The molecule has 0 unspecified atom stereocenters. The van der Waals surface area contributed by atoms with Crippen LogP contribution in [0.2, 0.25) is 0 Å². The van der Waals surface area contributed by atoms with Gasteiger partial charge in [0.05, 0.1) is 5.52 Å². The van der Waals surface area contributed by atoms with Crippen LogP contribution in [-0.4, -0.2) is 64.8 Å². The number of amides is 3. The van der Waals surface area contributed by atoms with Crippen molar-refractivity contribution in [1.29, 1.82) is 0 Å². The lowest BCUT2D eigenvalue weighted by Crippen LogP contribution is -2.51. The van der Waals surface area contributed by atoms with Crippen molar-refractivity contribution in [3.63, 3.8) is 0 Å². The van der Waals surface area contributed by atoms with Crippen molar-refractivity contribution in [2.75, 3.05) is 0 Å². The monoisotopic (exact) mass is 569 g/mol. The largest absolute Gasteiger partial charge is 0.364 e. The van der Waals surface area contributed by atoms with E-state index in [1.165, 1.54) is 4.68 Å². The molecule has 39 heavy (non-hydrogen) atoms. The molecular formula is C27H29Cl2N7O3. The number of carbonyl (C=O) groups excluding carboxylic acids is 3. The fraction of sp³-hybridized carbons (Fsp3) is 0.481. The first-order chi connectivity index (χ1) is 18.6. The first kappa shape index (κ1) is 26.0. The zero-order valence-corrected chi connectivity index (χ0v) is 22.9. The number of benzene rings is 1. The number of carbonyl (C=O) groups is 3. The summed E-state index contributed by atoms with van der Waals surface area (Å²) in [6.07, 6.45) is 6.87. The molecular weight excluding hydrogens is 541 g/mol. The fourth-order valence-corrected chi connectivity index (χ4v) is 6.57. The van der Waals surface area contributed by atoms with Gasteiger partial charge in [0.15, 0.2) is 5.69 Å². The highest BCUT2D eigenvalue weighted by atomic mass is 35.5. The number of halogens is 2. The summed E-state index contributed by atoms with van der Waals surface area (Å²) < 4.78 is 0.711. The quantitative estimate of drug-likeness (QED) is 0.380. The smallest absolute Gasteiger partial charge is 0.269 e. The molecule has 6 rings (SSSR count). The van der Waals surface area contributed by atoms with E-state index in [2.05, 4.69) is 20.4 Å². The normalized spacial score (nSPS) is 25.3. The van der Waals surface area contributed by atoms with E-state index in [-0.39, 0.29) is 42.1 Å². The van der Waals surface area contributed by atoms with E-state index in [1.54, 1.807) is 23.4 Å². The Morgan fingerprint density at radius 1 is 1.18 bits per heavy atom. The molecule has 3 N–H and O–H groups in total. The third kappa shape index (κ3) is 5.07. The zero-order chi connectivity index (χ0) is 27.5. The van der Waals surface area contributed by atoms with Gasteiger partial charge in [-0.1, -0.05) is 6.07 Å². The topological polar surface area (TPSA) is 136 Å². The number of nitrogens with two attached hydrogens (primary N) is 1. The number of primary amides is 1. The van der Waals surface area contributed by atoms with Crippen LogP contribution in [0, 0.1) is 11.8 Å². The Kier molecular flexibility index (Phi) is 6.50. The Morgan fingerprint density at radius 3 is 2.62 bits per heavy atom. The van der Waals surface area contributed by atoms with E-state index in [0.717, 1.165) is 17.8 Å². The SMILES string of the molecule is C[C@@H](NC(=O)[C@@H]1C[C@H]2C[C@H]2N1C(=O)Cn1nc(C(N)=O)c2cc(CCc3ncccn3)ccc21)[C@H]1CC1(Cl)Cl. The number of likely N-dealkylation sites (tertiary alicyclic amines) is 1. The molecule has 204 valence electrons. The predicted molar refractivity (Wildman–Crippen MR) is 145 cm³/mol. The van der Waals surface area contributed by atoms with Crippen LogP contribution in [0.3, 0.4) is 0 Å². The number of nitrogens with one attached hydrogen (secondary N) is 1. The maximum Gasteiger partial charge on any atom is 0.269 e. The fourth-order valence-electron chi connectivity index (χ4n) is 5.86. The van der Waals surface area contributed by atoms with Gasteiger partial charge in [0.2, 0.25) is 11.8 Å². The molecule has 10 nitrogen and oxygen atoms in total. The van der Waals surface area contributed by atoms with Gasteiger partial charge < -0.3 is 16.0 Å². The average Bonchev–Trinajstić information content (AvgIpc) is 3.72. The molecule has 0 spiro atoms. The van der Waals surface area contributed by atoms with Crippen LogP contribution in [-0.2, 0) is 29.0 Å². The van der Waals surface area contributed by atoms with Gasteiger partial charge >= 0.3 is 0 Å². The second kappa shape index (κ2) is 9.75. The molecule has 3 heterocycles. The summed E-state index contributed by atoms with van der Waals surface area (Å²) in [5.41, 5.74) is 7.36. The summed E-state index contributed by atoms with van der Waals surface area (Å²) in [5, 5.41) is 8.01. The number of alkyl halides is 2. The average molecular weight is 570 g/mol.